The van der Waals surface area contributed by atoms with Crippen LogP contribution in [0.4, 0.5) is 0 Å². The normalized spacial score (nSPS) is 23.3. The zero-order valence-electron chi connectivity index (χ0n) is 44.9. The predicted molar refractivity (Wildman–Crippen MR) is 302 cm³/mol. The summed E-state index contributed by atoms with van der Waals surface area (Å²) >= 11 is 0. The summed E-state index contributed by atoms with van der Waals surface area (Å²) in [5, 5.41) is 3.23. The molecule has 9 heteroatoms. The Morgan fingerprint density at radius 1 is 0.441 bits per heavy atom. The van der Waals surface area contributed by atoms with Gasteiger partial charge in [-0.2, -0.15) is 0 Å². The van der Waals surface area contributed by atoms with Crippen molar-refractivity contribution in [2.75, 3.05) is 62.3 Å². The zero-order chi connectivity index (χ0) is 45.3. The monoisotopic (exact) mass is 1330 g/mol. The quantitative estimate of drug-likeness (QED) is 0.173. The van der Waals surface area contributed by atoms with Crippen LogP contribution >= 0.6 is 15.2 Å². The van der Waals surface area contributed by atoms with Crippen LogP contribution in [0.1, 0.15) is 196 Å². The minimum atomic E-state index is -1.02. The maximum atomic E-state index is 2.55. The molecule has 6 fully saturated rings. The molecule has 0 N–H and O–H groups in total. The molecule has 0 amide bonds. The van der Waals surface area contributed by atoms with Gasteiger partial charge in [0.25, 0.3) is 0 Å². The van der Waals surface area contributed by atoms with E-state index in [0.717, 1.165) is 41.2 Å². The second-order valence-electron chi connectivity index (χ2n) is 21.7. The van der Waals surface area contributed by atoms with Gasteiger partial charge >= 0.3 is 0 Å². The molecule has 8 atom stereocenters. The summed E-state index contributed by atoms with van der Waals surface area (Å²) in [5.74, 6) is 2.76. The van der Waals surface area contributed by atoms with Crippen molar-refractivity contribution in [3.8, 4) is 0 Å². The second kappa shape index (κ2) is 43.9. The summed E-state index contributed by atoms with van der Waals surface area (Å²) in [5.41, 5.74) is 1.86. The van der Waals surface area contributed by atoms with Gasteiger partial charge in [-0.25, -0.2) is 0 Å². The first kappa shape index (κ1) is 76.3. The third-order valence-corrected chi connectivity index (χ3v) is 23.7. The molecule has 401 valence electrons. The van der Waals surface area contributed by atoms with Crippen molar-refractivity contribution in [3.05, 3.63) is 60.7 Å². The molecule has 2 aromatic rings. The van der Waals surface area contributed by atoms with Crippen LogP contribution < -0.4 is 10.6 Å². The van der Waals surface area contributed by atoms with Crippen molar-refractivity contribution in [2.24, 2.45) is 17.8 Å². The van der Waals surface area contributed by atoms with Crippen molar-refractivity contribution < 1.29 is 81.1 Å². The van der Waals surface area contributed by atoms with E-state index in [2.05, 4.69) is 158 Å². The summed E-state index contributed by atoms with van der Waals surface area (Å²) in [6.07, 6.45) is 36.9. The van der Waals surface area contributed by atoms with Crippen molar-refractivity contribution in [3.63, 3.8) is 0 Å². The first-order valence-electron chi connectivity index (χ1n) is 26.5. The van der Waals surface area contributed by atoms with Gasteiger partial charge in [0, 0.05) is 126 Å². The Balaban J connectivity index is -0.000000384. The van der Waals surface area contributed by atoms with E-state index in [0.29, 0.717) is 6.04 Å². The van der Waals surface area contributed by atoms with Crippen LogP contribution in [0.2, 0.25) is 0 Å². The van der Waals surface area contributed by atoms with Gasteiger partial charge in [-0.1, -0.05) is 160 Å². The Kier molecular flexibility index (Phi) is 49.3. The molecule has 0 aliphatic heterocycles. The van der Waals surface area contributed by atoms with E-state index in [1.165, 1.54) is 161 Å². The van der Waals surface area contributed by atoms with Crippen molar-refractivity contribution >= 4 is 25.8 Å². The average molecular weight is 1330 g/mol. The zero-order valence-corrected chi connectivity index (χ0v) is 53.8. The first-order valence-corrected chi connectivity index (χ1v) is 31.4. The van der Waals surface area contributed by atoms with Crippen LogP contribution in [-0.2, 0) is 51.2 Å². The fourth-order valence-electron chi connectivity index (χ4n) is 11.6. The van der Waals surface area contributed by atoms with Gasteiger partial charge < -0.3 is 14.7 Å². The van der Waals surface area contributed by atoms with Gasteiger partial charge in [-0.3, -0.25) is 0 Å². The van der Waals surface area contributed by atoms with E-state index in [4.69, 9.17) is 0 Å². The molecule has 6 aliphatic carbocycles. The van der Waals surface area contributed by atoms with E-state index < -0.39 is 15.2 Å². The minimum absolute atomic E-state index is 0. The van der Waals surface area contributed by atoms with Crippen LogP contribution in [0.3, 0.4) is 0 Å². The molecule has 6 aliphatic rings. The Bertz CT molecular complexity index is 1330. The summed E-state index contributed by atoms with van der Waals surface area (Å²) in [7, 11) is 11.9. The van der Waals surface area contributed by atoms with Gasteiger partial charge in [-0.05, 0) is 145 Å². The number of hydrogen-bond donors (Lipinski definition) is 0. The van der Waals surface area contributed by atoms with Gasteiger partial charge in [-0.15, -0.1) is 0 Å². The molecule has 1 radical (unpaired) electrons. The van der Waals surface area contributed by atoms with Crippen molar-refractivity contribution in [1.82, 2.24) is 14.7 Å². The molecule has 8 rings (SSSR count). The Labute approximate surface area is 483 Å². The Morgan fingerprint density at radius 2 is 0.779 bits per heavy atom. The molecule has 2 aromatic carbocycles. The SMILES string of the molecule is C.C.C1CCCC1.C1CCCC1.C1CCCC1.C[C@H](C1CCCC1)N(C)C.C[C@H](C1CCCC1[P+](C)(C)c1ccccc1)N(C)C.C[C@H](C1CCCC1[PH+](C)c1ccccc1)N(C)C.[Fe].[Fe].[Fe].[Np]. The molecule has 0 bridgehead atoms. The van der Waals surface area contributed by atoms with Crippen LogP contribution in [-0.4, -0.2) is 106 Å². The second-order valence-corrected chi connectivity index (χ2v) is 28.7. The maximum absolute atomic E-state index is 2.55. The Morgan fingerprint density at radius 3 is 1.16 bits per heavy atom. The van der Waals surface area contributed by atoms with Gasteiger partial charge in [0.2, 0.25) is 0 Å². The fraction of sp³-hybridized carbons (Fsp3) is 0.797. The van der Waals surface area contributed by atoms with E-state index in [1.807, 2.05) is 0 Å². The fourth-order valence-corrected chi connectivity index (χ4v) is 18.0. The summed E-state index contributed by atoms with van der Waals surface area (Å²) in [6.45, 7) is 14.8. The largest absolute Gasteiger partial charge is 0.306 e. The molecule has 5 unspecified atom stereocenters. The third-order valence-electron chi connectivity index (χ3n) is 16.7. The molecule has 0 aromatic heterocycles. The molecule has 3 nitrogen and oxygen atoms in total. The number of nitrogens with zero attached hydrogens (tertiary/aromatic N) is 3. The summed E-state index contributed by atoms with van der Waals surface area (Å²) < 4.78 is 0. The van der Waals surface area contributed by atoms with Crippen molar-refractivity contribution in [1.29, 1.82) is 0 Å². The van der Waals surface area contributed by atoms with E-state index in [1.54, 1.807) is 10.6 Å². The predicted octanol–water partition coefficient (Wildman–Crippen LogP) is 16.2. The van der Waals surface area contributed by atoms with Gasteiger partial charge in [0.05, 0.1) is 41.9 Å². The molecule has 6 saturated carbocycles. The maximum Gasteiger partial charge on any atom is 0.0936 e. The number of hydrogen-bond acceptors (Lipinski definition) is 3. The minimum Gasteiger partial charge on any atom is -0.306 e. The molecule has 68 heavy (non-hydrogen) atoms. The molecule has 0 spiro atoms. The smallest absolute Gasteiger partial charge is 0.0936 e. The summed E-state index contributed by atoms with van der Waals surface area (Å²) in [4.78, 5) is 7.16. The van der Waals surface area contributed by atoms with E-state index in [9.17, 15) is 0 Å². The third kappa shape index (κ3) is 28.0. The van der Waals surface area contributed by atoms with Crippen LogP contribution in [0.15, 0.2) is 60.7 Å². The molecular weight excluding hydrogens is 1220 g/mol. The number of benzene rings is 2. The number of rotatable bonds is 10. The topological polar surface area (TPSA) is 9.72 Å². The molecule has 0 heterocycles. The molecule has 0 saturated heterocycles. The Hall–Kier alpha value is 1.75. The van der Waals surface area contributed by atoms with Crippen LogP contribution in [0.25, 0.3) is 0 Å². The first-order chi connectivity index (χ1) is 29.8. The van der Waals surface area contributed by atoms with E-state index >= 15 is 0 Å². The van der Waals surface area contributed by atoms with Crippen molar-refractivity contribution in [2.45, 2.75) is 226 Å². The van der Waals surface area contributed by atoms with Crippen LogP contribution in [0.5, 0.6) is 0 Å². The van der Waals surface area contributed by atoms with Gasteiger partial charge in [0.15, 0.2) is 0 Å². The average Bonchev–Trinajstić information content (AvgIpc) is 4.15. The van der Waals surface area contributed by atoms with Gasteiger partial charge in [0.1, 0.15) is 0 Å². The molecular formula is C59H113Fe3N3NpP2+2. The summed E-state index contributed by atoms with van der Waals surface area (Å²) in [6, 6.07) is 24.7. The standard InChI is InChI=1S/C17H29NP.C16H26NP.C9H19N.3C5H10.2CH4.3Fe.Np/c1-14(18(2)3)16-12-9-13-17(16)19(4,5)15-10-7-6-8-11-15;1-13(17(2)3)15-11-8-12-16(15)18(4)14-9-6-5-7-10-14;1-8(10(2)3)9-6-4-5-7-9;3*1-2-4-5-3-1;;;;;;/h6-8,10-11,14,16-17H,9,12-13H2,1-5H3;5-7,9-10,13,15-16H,8,11-12H2,1-4H3;8-9H,4-7H2,1-3H3;3*1-5H2;2*1H4;;;;/q+1;;;;;;;;;;;/p+1/t14-,16?,17?;13-,15?,16?,18?;8-;;;;;;;;;/m111........./s1. The van der Waals surface area contributed by atoms with E-state index in [-0.39, 0.29) is 96.0 Å². The van der Waals surface area contributed by atoms with Crippen LogP contribution in [0, 0.1) is 47.7 Å².